The van der Waals surface area contributed by atoms with Crippen molar-refractivity contribution in [2.24, 2.45) is 0 Å². The highest BCUT2D eigenvalue weighted by Gasteiger charge is 2.39. The number of fused-ring (bicyclic) bond motifs is 1. The van der Waals surface area contributed by atoms with Crippen LogP contribution in [0.15, 0.2) is 42.5 Å². The van der Waals surface area contributed by atoms with Crippen LogP contribution in [0.25, 0.3) is 5.69 Å². The van der Waals surface area contributed by atoms with Gasteiger partial charge in [-0.3, -0.25) is 0 Å². The summed E-state index contributed by atoms with van der Waals surface area (Å²) in [4.78, 5) is 0. The minimum absolute atomic E-state index is 0. The third-order valence-corrected chi connectivity index (χ3v) is 6.08. The van der Waals surface area contributed by atoms with E-state index in [-0.39, 0.29) is 24.1 Å². The summed E-state index contributed by atoms with van der Waals surface area (Å²) in [6.45, 7) is 2.77. The number of tetrazole rings is 1. The lowest BCUT2D eigenvalue weighted by atomic mass is 9.87. The molecule has 2 aliphatic heterocycles. The zero-order chi connectivity index (χ0) is 22.1. The van der Waals surface area contributed by atoms with Gasteiger partial charge in [0, 0.05) is 37.0 Å². The minimum Gasteiger partial charge on any atom is -0.493 e. The molecule has 2 aromatic carbocycles. The zero-order valence-corrected chi connectivity index (χ0v) is 18.5. The predicted molar refractivity (Wildman–Crippen MR) is 118 cm³/mol. The van der Waals surface area contributed by atoms with Crippen molar-refractivity contribution in [1.82, 2.24) is 30.8 Å². The van der Waals surface area contributed by atoms with Crippen molar-refractivity contribution >= 4 is 12.4 Å². The number of hydrogen-bond donors (Lipinski definition) is 2. The standard InChI is InChI=1S/C22H23F3N6O.ClH/c23-22(24,25)21-28-29-30-31(21)17-10-15-7-9-32-20(15)16(11-17)12-27-19-6-8-26-13-18(19)14-4-2-1-3-5-14;/h1-5,10-11,18-19,26-27H,6-9,12-13H2;1H/t18-,19-;/m1./s1. The molecule has 7 nitrogen and oxygen atoms in total. The summed E-state index contributed by atoms with van der Waals surface area (Å²) in [5, 5.41) is 17.1. The van der Waals surface area contributed by atoms with Crippen molar-refractivity contribution in [2.75, 3.05) is 19.7 Å². The number of piperidine rings is 1. The summed E-state index contributed by atoms with van der Waals surface area (Å²) in [5.41, 5.74) is 3.22. The van der Waals surface area contributed by atoms with Crippen LogP contribution in [0.4, 0.5) is 13.2 Å². The quantitative estimate of drug-likeness (QED) is 0.583. The maximum atomic E-state index is 13.3. The first-order valence-corrected chi connectivity index (χ1v) is 10.6. The monoisotopic (exact) mass is 480 g/mol. The van der Waals surface area contributed by atoms with Crippen molar-refractivity contribution < 1.29 is 17.9 Å². The molecule has 3 heterocycles. The van der Waals surface area contributed by atoms with Gasteiger partial charge in [-0.15, -0.1) is 17.5 Å². The Bertz CT molecular complexity index is 1090. The Morgan fingerprint density at radius 2 is 2.00 bits per heavy atom. The molecular formula is C22H24ClF3N6O. The van der Waals surface area contributed by atoms with Crippen LogP contribution in [-0.2, 0) is 19.1 Å². The van der Waals surface area contributed by atoms with Gasteiger partial charge >= 0.3 is 6.18 Å². The van der Waals surface area contributed by atoms with E-state index in [1.165, 1.54) is 5.56 Å². The summed E-state index contributed by atoms with van der Waals surface area (Å²) >= 11 is 0. The number of rotatable bonds is 5. The fourth-order valence-corrected chi connectivity index (χ4v) is 4.56. The number of nitrogens with zero attached hydrogens (tertiary/aromatic N) is 4. The van der Waals surface area contributed by atoms with Crippen molar-refractivity contribution in [3.63, 3.8) is 0 Å². The molecule has 0 spiro atoms. The Labute approximate surface area is 195 Å². The molecule has 3 aromatic rings. The van der Waals surface area contributed by atoms with E-state index in [9.17, 15) is 13.2 Å². The maximum Gasteiger partial charge on any atom is 0.453 e. The first kappa shape index (κ1) is 23.5. The number of benzene rings is 2. The molecule has 0 amide bonds. The average Bonchev–Trinajstić information content (AvgIpc) is 3.47. The molecule has 0 bridgehead atoms. The number of halogens is 4. The Kier molecular flexibility index (Phi) is 6.87. The van der Waals surface area contributed by atoms with Crippen LogP contribution < -0.4 is 15.4 Å². The van der Waals surface area contributed by atoms with E-state index in [0.29, 0.717) is 25.5 Å². The van der Waals surface area contributed by atoms with Crippen LogP contribution in [-0.4, -0.2) is 45.9 Å². The van der Waals surface area contributed by atoms with E-state index in [2.05, 4.69) is 38.3 Å². The van der Waals surface area contributed by atoms with Gasteiger partial charge in [0.15, 0.2) is 0 Å². The molecule has 0 aliphatic carbocycles. The molecule has 2 N–H and O–H groups in total. The molecule has 0 saturated carbocycles. The van der Waals surface area contributed by atoms with Gasteiger partial charge < -0.3 is 15.4 Å². The van der Waals surface area contributed by atoms with E-state index in [0.717, 1.165) is 41.1 Å². The smallest absolute Gasteiger partial charge is 0.453 e. The van der Waals surface area contributed by atoms with E-state index >= 15 is 0 Å². The zero-order valence-electron chi connectivity index (χ0n) is 17.7. The largest absolute Gasteiger partial charge is 0.493 e. The van der Waals surface area contributed by atoms with Crippen LogP contribution in [0.5, 0.6) is 5.75 Å². The van der Waals surface area contributed by atoms with Crippen LogP contribution in [0.1, 0.15) is 34.9 Å². The lowest BCUT2D eigenvalue weighted by Crippen LogP contribution is -2.45. The van der Waals surface area contributed by atoms with Gasteiger partial charge in [-0.2, -0.15) is 17.9 Å². The first-order chi connectivity index (χ1) is 15.5. The Morgan fingerprint density at radius 1 is 1.18 bits per heavy atom. The highest BCUT2D eigenvalue weighted by Crippen LogP contribution is 2.35. The van der Waals surface area contributed by atoms with Gasteiger partial charge in [0.05, 0.1) is 12.3 Å². The van der Waals surface area contributed by atoms with Gasteiger partial charge in [-0.25, -0.2) is 0 Å². The predicted octanol–water partition coefficient (Wildman–Crippen LogP) is 3.27. The highest BCUT2D eigenvalue weighted by atomic mass is 35.5. The average molecular weight is 481 g/mol. The van der Waals surface area contributed by atoms with Crippen molar-refractivity contribution in [1.29, 1.82) is 0 Å². The number of alkyl halides is 3. The fourth-order valence-electron chi connectivity index (χ4n) is 4.56. The van der Waals surface area contributed by atoms with Gasteiger partial charge in [0.1, 0.15) is 5.75 Å². The summed E-state index contributed by atoms with van der Waals surface area (Å²) < 4.78 is 46.6. The molecule has 176 valence electrons. The summed E-state index contributed by atoms with van der Waals surface area (Å²) in [6.07, 6.45) is -3.05. The fraction of sp³-hybridized carbons (Fsp3) is 0.409. The molecule has 2 atom stereocenters. The number of hydrogen-bond acceptors (Lipinski definition) is 6. The van der Waals surface area contributed by atoms with Crippen LogP contribution in [0.3, 0.4) is 0 Å². The minimum atomic E-state index is -4.64. The second-order valence-electron chi connectivity index (χ2n) is 8.10. The molecule has 0 radical (unpaired) electrons. The molecule has 0 unspecified atom stereocenters. The Hall–Kier alpha value is -2.69. The van der Waals surface area contributed by atoms with Crippen LogP contribution >= 0.6 is 12.4 Å². The maximum absolute atomic E-state index is 13.3. The van der Waals surface area contributed by atoms with Gasteiger partial charge in [-0.05, 0) is 46.7 Å². The van der Waals surface area contributed by atoms with E-state index in [4.69, 9.17) is 4.74 Å². The van der Waals surface area contributed by atoms with Gasteiger partial charge in [0.2, 0.25) is 0 Å². The second kappa shape index (κ2) is 9.66. The highest BCUT2D eigenvalue weighted by molar-refractivity contribution is 5.85. The third kappa shape index (κ3) is 4.83. The summed E-state index contributed by atoms with van der Waals surface area (Å²) in [7, 11) is 0. The molecular weight excluding hydrogens is 457 g/mol. The van der Waals surface area contributed by atoms with Crippen molar-refractivity contribution in [3.05, 3.63) is 65.0 Å². The molecule has 2 aliphatic rings. The lowest BCUT2D eigenvalue weighted by Gasteiger charge is -2.33. The van der Waals surface area contributed by atoms with Crippen LogP contribution in [0.2, 0.25) is 0 Å². The Morgan fingerprint density at radius 3 is 2.79 bits per heavy atom. The van der Waals surface area contributed by atoms with Crippen molar-refractivity contribution in [2.45, 2.75) is 37.5 Å². The summed E-state index contributed by atoms with van der Waals surface area (Å²) in [5.74, 6) is -0.0932. The van der Waals surface area contributed by atoms with E-state index in [1.54, 1.807) is 12.1 Å². The third-order valence-electron chi connectivity index (χ3n) is 6.08. The summed E-state index contributed by atoms with van der Waals surface area (Å²) in [6, 6.07) is 13.9. The van der Waals surface area contributed by atoms with Crippen LogP contribution in [0, 0.1) is 0 Å². The Balaban J connectivity index is 0.00000259. The normalized spacial score (nSPS) is 20.1. The molecule has 33 heavy (non-hydrogen) atoms. The second-order valence-corrected chi connectivity index (χ2v) is 8.10. The molecule has 1 saturated heterocycles. The topological polar surface area (TPSA) is 76.9 Å². The SMILES string of the molecule is Cl.FC(F)(F)c1nnnn1-c1cc2c(c(CN[C@@H]3CCNC[C@@H]3c3ccccc3)c1)OCC2. The first-order valence-electron chi connectivity index (χ1n) is 10.6. The lowest BCUT2D eigenvalue weighted by molar-refractivity contribution is -0.146. The van der Waals surface area contributed by atoms with E-state index in [1.807, 2.05) is 18.2 Å². The number of aromatic nitrogens is 4. The van der Waals surface area contributed by atoms with Gasteiger partial charge in [-0.1, -0.05) is 30.3 Å². The molecule has 1 fully saturated rings. The molecule has 5 rings (SSSR count). The number of nitrogens with one attached hydrogen (secondary N) is 2. The molecule has 1 aromatic heterocycles. The van der Waals surface area contributed by atoms with Gasteiger partial charge in [0.25, 0.3) is 5.82 Å². The number of ether oxygens (including phenoxy) is 1. The van der Waals surface area contributed by atoms with E-state index < -0.39 is 12.0 Å². The molecule has 11 heteroatoms. The van der Waals surface area contributed by atoms with Crippen molar-refractivity contribution in [3.8, 4) is 11.4 Å².